The summed E-state index contributed by atoms with van der Waals surface area (Å²) in [5.41, 5.74) is 10.6. The number of rotatable bonds is 5. The molecule has 1 aromatic carbocycles. The number of anilines is 3. The van der Waals surface area contributed by atoms with Crippen LogP contribution in [0.5, 0.6) is 0 Å². The van der Waals surface area contributed by atoms with Crippen LogP contribution in [0, 0.1) is 6.92 Å². The molecule has 0 saturated heterocycles. The standard InChI is InChI=1S/C22H24N8O2/c1-12-9-13-11-29(3)19-14(5-4-6-16(19)30(13)28-12)25-15-10-17(22(7-8-22)21(23)32)26-27-18(15)20(31)24-2/h4-6,9-10H,7-8,11H2,1-3H3,(H2,23,32)(H,24,31)(H,25,26). The second-order valence-corrected chi connectivity index (χ2v) is 8.36. The Morgan fingerprint density at radius 1 is 1.16 bits per heavy atom. The Morgan fingerprint density at radius 2 is 1.94 bits per heavy atom. The molecule has 1 aliphatic carbocycles. The van der Waals surface area contributed by atoms with Crippen molar-refractivity contribution >= 4 is 28.9 Å². The highest BCUT2D eigenvalue weighted by Crippen LogP contribution is 2.48. The number of primary amides is 1. The van der Waals surface area contributed by atoms with E-state index in [2.05, 4.69) is 36.9 Å². The molecule has 0 atom stereocenters. The van der Waals surface area contributed by atoms with Crippen molar-refractivity contribution in [3.05, 3.63) is 53.1 Å². The van der Waals surface area contributed by atoms with E-state index in [1.807, 2.05) is 36.9 Å². The highest BCUT2D eigenvalue weighted by molar-refractivity contribution is 5.99. The van der Waals surface area contributed by atoms with Gasteiger partial charge in [0, 0.05) is 14.1 Å². The monoisotopic (exact) mass is 432 g/mol. The fourth-order valence-corrected chi connectivity index (χ4v) is 4.31. The number of carbonyl (C=O) groups is 2. The van der Waals surface area contributed by atoms with Crippen molar-refractivity contribution in [1.29, 1.82) is 0 Å². The molecule has 4 N–H and O–H groups in total. The van der Waals surface area contributed by atoms with Crippen molar-refractivity contribution in [2.45, 2.75) is 31.7 Å². The van der Waals surface area contributed by atoms with Crippen molar-refractivity contribution in [1.82, 2.24) is 25.3 Å². The third-order valence-electron chi connectivity index (χ3n) is 6.15. The minimum absolute atomic E-state index is 0.142. The SMILES string of the molecule is CNC(=O)c1nnc(C2(C(N)=O)CC2)cc1Nc1cccc2c1N(C)Cc1cc(C)nn1-2. The lowest BCUT2D eigenvalue weighted by molar-refractivity contribution is -0.120. The Labute approximate surface area is 184 Å². The second kappa shape index (κ2) is 7.04. The number of nitrogens with zero attached hydrogens (tertiary/aromatic N) is 5. The Morgan fingerprint density at radius 3 is 2.62 bits per heavy atom. The number of hydrogen-bond donors (Lipinski definition) is 3. The molecule has 1 saturated carbocycles. The van der Waals surface area contributed by atoms with E-state index in [1.54, 1.807) is 6.07 Å². The van der Waals surface area contributed by atoms with Crippen LogP contribution in [-0.4, -0.2) is 45.9 Å². The molecule has 1 fully saturated rings. The summed E-state index contributed by atoms with van der Waals surface area (Å²) in [7, 11) is 3.55. The van der Waals surface area contributed by atoms with Crippen molar-refractivity contribution in [2.24, 2.45) is 5.73 Å². The number of fused-ring (bicyclic) bond motifs is 3. The molecule has 0 bridgehead atoms. The number of hydrogen-bond acceptors (Lipinski definition) is 7. The molecule has 164 valence electrons. The summed E-state index contributed by atoms with van der Waals surface area (Å²) in [5.74, 6) is -0.803. The van der Waals surface area contributed by atoms with Gasteiger partial charge in [-0.25, -0.2) is 4.68 Å². The molecule has 1 aliphatic heterocycles. The van der Waals surface area contributed by atoms with Gasteiger partial charge in [0.05, 0.1) is 51.8 Å². The van der Waals surface area contributed by atoms with E-state index in [1.165, 1.54) is 7.05 Å². The van der Waals surface area contributed by atoms with Gasteiger partial charge in [-0.15, -0.1) is 5.10 Å². The summed E-state index contributed by atoms with van der Waals surface area (Å²) in [4.78, 5) is 26.6. The zero-order chi connectivity index (χ0) is 22.6. The van der Waals surface area contributed by atoms with Crippen LogP contribution in [0.1, 0.15) is 40.4 Å². The Balaban J connectivity index is 1.62. The first-order valence-electron chi connectivity index (χ1n) is 10.4. The molecule has 2 aromatic heterocycles. The smallest absolute Gasteiger partial charge is 0.273 e. The zero-order valence-corrected chi connectivity index (χ0v) is 18.1. The van der Waals surface area contributed by atoms with E-state index in [4.69, 9.17) is 5.73 Å². The topological polar surface area (TPSA) is 131 Å². The number of benzene rings is 1. The summed E-state index contributed by atoms with van der Waals surface area (Å²) < 4.78 is 1.94. The van der Waals surface area contributed by atoms with Crippen LogP contribution in [0.25, 0.3) is 5.69 Å². The highest BCUT2D eigenvalue weighted by Gasteiger charge is 2.52. The minimum atomic E-state index is -0.807. The molecule has 0 unspecified atom stereocenters. The van der Waals surface area contributed by atoms with Crippen LogP contribution in [-0.2, 0) is 16.8 Å². The number of nitrogens with two attached hydrogens (primary N) is 1. The Kier molecular flexibility index (Phi) is 4.40. The van der Waals surface area contributed by atoms with Crippen LogP contribution in [0.3, 0.4) is 0 Å². The van der Waals surface area contributed by atoms with Crippen molar-refractivity contribution in [3.8, 4) is 5.69 Å². The van der Waals surface area contributed by atoms with E-state index >= 15 is 0 Å². The number of amides is 2. The maximum atomic E-state index is 12.5. The van der Waals surface area contributed by atoms with Gasteiger partial charge in [-0.05, 0) is 44.0 Å². The lowest BCUT2D eigenvalue weighted by Gasteiger charge is -2.30. The molecule has 5 rings (SSSR count). The molecule has 10 nitrogen and oxygen atoms in total. The predicted molar refractivity (Wildman–Crippen MR) is 119 cm³/mol. The number of nitrogens with one attached hydrogen (secondary N) is 2. The van der Waals surface area contributed by atoms with Crippen molar-refractivity contribution in [2.75, 3.05) is 24.3 Å². The van der Waals surface area contributed by atoms with Gasteiger partial charge in [-0.2, -0.15) is 10.2 Å². The largest absolute Gasteiger partial charge is 0.369 e. The van der Waals surface area contributed by atoms with Gasteiger partial charge in [0.25, 0.3) is 5.91 Å². The van der Waals surface area contributed by atoms with Crippen LogP contribution >= 0.6 is 0 Å². The van der Waals surface area contributed by atoms with Gasteiger partial charge < -0.3 is 21.3 Å². The number of aryl methyl sites for hydroxylation is 1. The predicted octanol–water partition coefficient (Wildman–Crippen LogP) is 1.54. The van der Waals surface area contributed by atoms with Gasteiger partial charge in [0.1, 0.15) is 0 Å². The highest BCUT2D eigenvalue weighted by atomic mass is 16.2. The number of carbonyl (C=O) groups excluding carboxylic acids is 2. The van der Waals surface area contributed by atoms with E-state index in [0.717, 1.165) is 28.5 Å². The Bertz CT molecular complexity index is 1260. The van der Waals surface area contributed by atoms with E-state index < -0.39 is 11.3 Å². The molecule has 2 amide bonds. The molecule has 10 heteroatoms. The van der Waals surface area contributed by atoms with Gasteiger partial charge in [-0.1, -0.05) is 6.07 Å². The molecule has 32 heavy (non-hydrogen) atoms. The third kappa shape index (κ3) is 2.98. The number of aromatic nitrogens is 4. The van der Waals surface area contributed by atoms with Crippen LogP contribution in [0.15, 0.2) is 30.3 Å². The molecule has 2 aliphatic rings. The van der Waals surface area contributed by atoms with E-state index in [0.29, 0.717) is 30.8 Å². The fourth-order valence-electron chi connectivity index (χ4n) is 4.31. The fraction of sp³-hybridized carbons (Fsp3) is 0.318. The summed E-state index contributed by atoms with van der Waals surface area (Å²) in [5, 5.41) is 18.9. The molecular formula is C22H24N8O2. The normalized spacial score (nSPS) is 15.5. The van der Waals surface area contributed by atoms with Crippen LogP contribution < -0.4 is 21.3 Å². The molecule has 3 heterocycles. The quantitative estimate of drug-likeness (QED) is 0.557. The molecule has 0 spiro atoms. The maximum absolute atomic E-state index is 12.5. The van der Waals surface area contributed by atoms with E-state index in [9.17, 15) is 9.59 Å². The molecule has 3 aromatic rings. The molecule has 0 radical (unpaired) electrons. The summed E-state index contributed by atoms with van der Waals surface area (Å²) in [6, 6.07) is 9.66. The van der Waals surface area contributed by atoms with Gasteiger partial charge in [0.2, 0.25) is 5.91 Å². The first kappa shape index (κ1) is 20.0. The average Bonchev–Trinajstić information content (AvgIpc) is 3.50. The third-order valence-corrected chi connectivity index (χ3v) is 6.15. The van der Waals surface area contributed by atoms with Crippen LogP contribution in [0.2, 0.25) is 0 Å². The second-order valence-electron chi connectivity index (χ2n) is 8.36. The van der Waals surface area contributed by atoms with Gasteiger partial charge >= 0.3 is 0 Å². The first-order valence-corrected chi connectivity index (χ1v) is 10.4. The van der Waals surface area contributed by atoms with Crippen molar-refractivity contribution in [3.63, 3.8) is 0 Å². The Hall–Kier alpha value is -3.95. The average molecular weight is 432 g/mol. The van der Waals surface area contributed by atoms with Gasteiger partial charge in [-0.3, -0.25) is 9.59 Å². The first-order chi connectivity index (χ1) is 15.3. The summed E-state index contributed by atoms with van der Waals surface area (Å²) >= 11 is 0. The lowest BCUT2D eigenvalue weighted by atomic mass is 10.0. The number of para-hydroxylation sites is 1. The van der Waals surface area contributed by atoms with Crippen molar-refractivity contribution < 1.29 is 9.59 Å². The summed E-state index contributed by atoms with van der Waals surface area (Å²) in [6.45, 7) is 2.67. The van der Waals surface area contributed by atoms with Gasteiger partial charge in [0.15, 0.2) is 5.69 Å². The van der Waals surface area contributed by atoms with E-state index in [-0.39, 0.29) is 11.6 Å². The molecular weight excluding hydrogens is 408 g/mol. The lowest BCUT2D eigenvalue weighted by Crippen LogP contribution is -2.30. The minimum Gasteiger partial charge on any atom is -0.369 e. The zero-order valence-electron chi connectivity index (χ0n) is 18.1. The maximum Gasteiger partial charge on any atom is 0.273 e. The van der Waals surface area contributed by atoms with Crippen LogP contribution in [0.4, 0.5) is 17.1 Å². The summed E-state index contributed by atoms with van der Waals surface area (Å²) in [6.07, 6.45) is 1.25.